The molecule has 1 saturated carbocycles. The van der Waals surface area contributed by atoms with Gasteiger partial charge < -0.3 is 14.9 Å². The summed E-state index contributed by atoms with van der Waals surface area (Å²) in [5, 5.41) is 30.0. The fraction of sp³-hybridized carbons (Fsp3) is 0.435. The molecular formula is C23H26ClN5O3S. The van der Waals surface area contributed by atoms with Crippen molar-refractivity contribution in [2.45, 2.75) is 57.2 Å². The summed E-state index contributed by atoms with van der Waals surface area (Å²) in [7, 11) is 0. The van der Waals surface area contributed by atoms with Gasteiger partial charge in [0.1, 0.15) is 28.7 Å². The van der Waals surface area contributed by atoms with Crippen molar-refractivity contribution in [1.29, 1.82) is 0 Å². The van der Waals surface area contributed by atoms with E-state index >= 15 is 0 Å². The van der Waals surface area contributed by atoms with Gasteiger partial charge in [0.05, 0.1) is 41.0 Å². The molecule has 0 saturated heterocycles. The molecule has 0 aliphatic heterocycles. The van der Waals surface area contributed by atoms with Gasteiger partial charge in [-0.1, -0.05) is 23.7 Å². The summed E-state index contributed by atoms with van der Waals surface area (Å²) in [5.74, 6) is 0.535. The Morgan fingerprint density at radius 2 is 2.12 bits per heavy atom. The Morgan fingerprint density at radius 1 is 1.33 bits per heavy atom. The van der Waals surface area contributed by atoms with Crippen molar-refractivity contribution in [3.05, 3.63) is 58.2 Å². The maximum absolute atomic E-state index is 11.3. The van der Waals surface area contributed by atoms with Gasteiger partial charge in [0.15, 0.2) is 0 Å². The molecule has 3 heterocycles. The number of hydrogen-bond acceptors (Lipinski definition) is 7. The molecule has 0 spiro atoms. The first kappa shape index (κ1) is 22.3. The minimum atomic E-state index is -0.922. The van der Waals surface area contributed by atoms with Crippen molar-refractivity contribution in [1.82, 2.24) is 24.4 Å². The molecule has 1 atom stereocenters. The number of fused-ring (bicyclic) bond motifs is 1. The molecule has 5 rings (SSSR count). The minimum Gasteiger partial charge on any atom is -0.492 e. The van der Waals surface area contributed by atoms with Gasteiger partial charge in [0.2, 0.25) is 0 Å². The number of rotatable bonds is 8. The lowest BCUT2D eigenvalue weighted by molar-refractivity contribution is 0.0553. The zero-order chi connectivity index (χ0) is 23.4. The summed E-state index contributed by atoms with van der Waals surface area (Å²) in [6.07, 6.45) is 7.06. The summed E-state index contributed by atoms with van der Waals surface area (Å²) in [6, 6.07) is 5.33. The molecular weight excluding hydrogens is 462 g/mol. The van der Waals surface area contributed by atoms with Crippen molar-refractivity contribution in [2.24, 2.45) is 0 Å². The maximum atomic E-state index is 11.3. The number of imidazole rings is 1. The van der Waals surface area contributed by atoms with Crippen LogP contribution in [0.5, 0.6) is 5.75 Å². The highest BCUT2D eigenvalue weighted by Gasteiger charge is 2.44. The highest BCUT2D eigenvalue weighted by molar-refractivity contribution is 7.17. The number of benzene rings is 1. The fourth-order valence-corrected chi connectivity index (χ4v) is 5.30. The molecule has 2 N–H and O–H groups in total. The largest absolute Gasteiger partial charge is 0.492 e. The number of halogens is 1. The van der Waals surface area contributed by atoms with Crippen molar-refractivity contribution >= 4 is 27.8 Å². The molecule has 33 heavy (non-hydrogen) atoms. The number of aromatic nitrogens is 5. The topological polar surface area (TPSA) is 97.7 Å². The second-order valence-corrected chi connectivity index (χ2v) is 10.9. The number of aliphatic hydroxyl groups excluding tert-OH is 1. The normalized spacial score (nSPS) is 16.3. The summed E-state index contributed by atoms with van der Waals surface area (Å²) < 4.78 is 9.23. The van der Waals surface area contributed by atoms with E-state index in [9.17, 15) is 10.2 Å². The van der Waals surface area contributed by atoms with Crippen LogP contribution in [0.1, 0.15) is 62.4 Å². The van der Waals surface area contributed by atoms with Gasteiger partial charge in [0, 0.05) is 16.7 Å². The molecule has 10 heteroatoms. The Hall–Kier alpha value is -2.46. The molecule has 0 radical (unpaired) electrons. The summed E-state index contributed by atoms with van der Waals surface area (Å²) >= 11 is 8.08. The van der Waals surface area contributed by atoms with E-state index in [0.717, 1.165) is 23.4 Å². The molecule has 174 valence electrons. The van der Waals surface area contributed by atoms with Crippen LogP contribution in [-0.4, -0.2) is 46.8 Å². The number of thiazole rings is 1. The fourth-order valence-electron chi connectivity index (χ4n) is 3.74. The zero-order valence-electron chi connectivity index (χ0n) is 18.7. The first-order valence-electron chi connectivity index (χ1n) is 10.9. The summed E-state index contributed by atoms with van der Waals surface area (Å²) in [4.78, 5) is 6.41. The van der Waals surface area contributed by atoms with E-state index in [1.165, 1.54) is 4.88 Å². The third-order valence-corrected chi connectivity index (χ3v) is 7.77. The van der Waals surface area contributed by atoms with Gasteiger partial charge in [-0.3, -0.25) is 4.40 Å². The van der Waals surface area contributed by atoms with E-state index in [4.69, 9.17) is 16.3 Å². The smallest absolute Gasteiger partial charge is 0.141 e. The van der Waals surface area contributed by atoms with Crippen molar-refractivity contribution in [3.63, 3.8) is 0 Å². The van der Waals surface area contributed by atoms with Gasteiger partial charge in [-0.25, -0.2) is 9.67 Å². The van der Waals surface area contributed by atoms with Crippen LogP contribution in [0.2, 0.25) is 5.02 Å². The van der Waals surface area contributed by atoms with Crippen molar-refractivity contribution in [3.8, 4) is 11.4 Å². The number of nitrogens with zero attached hydrogens (tertiary/aromatic N) is 5. The molecule has 0 bridgehead atoms. The van der Waals surface area contributed by atoms with Gasteiger partial charge >= 0.3 is 0 Å². The lowest BCUT2D eigenvalue weighted by atomic mass is 10.0. The predicted octanol–water partition coefficient (Wildman–Crippen LogP) is 4.30. The average Bonchev–Trinajstić information content (AvgIpc) is 3.16. The summed E-state index contributed by atoms with van der Waals surface area (Å²) in [6.45, 7) is 6.05. The van der Waals surface area contributed by atoms with Gasteiger partial charge in [0.25, 0.3) is 0 Å². The predicted molar refractivity (Wildman–Crippen MR) is 126 cm³/mol. The van der Waals surface area contributed by atoms with Gasteiger partial charge in [-0.2, -0.15) is 0 Å². The molecule has 3 aromatic heterocycles. The van der Waals surface area contributed by atoms with Crippen LogP contribution in [0.4, 0.5) is 0 Å². The number of hydrogen-bond donors (Lipinski definition) is 2. The van der Waals surface area contributed by atoms with Crippen LogP contribution in [0.15, 0.2) is 36.9 Å². The zero-order valence-corrected chi connectivity index (χ0v) is 20.3. The molecule has 1 aliphatic carbocycles. The van der Waals surface area contributed by atoms with E-state index in [0.29, 0.717) is 35.2 Å². The molecule has 1 aliphatic rings. The van der Waals surface area contributed by atoms with Crippen LogP contribution in [0, 0.1) is 0 Å². The van der Waals surface area contributed by atoms with Crippen LogP contribution in [0.3, 0.4) is 0 Å². The Balaban J connectivity index is 1.38. The number of aliphatic hydroxyl groups is 2. The Labute approximate surface area is 200 Å². The Morgan fingerprint density at radius 3 is 2.82 bits per heavy atom. The van der Waals surface area contributed by atoms with Gasteiger partial charge in [-0.15, -0.1) is 16.4 Å². The minimum absolute atomic E-state index is 0.102. The lowest BCUT2D eigenvalue weighted by Gasteiger charge is -2.17. The van der Waals surface area contributed by atoms with E-state index in [1.54, 1.807) is 54.5 Å². The highest BCUT2D eigenvalue weighted by Crippen LogP contribution is 2.53. The molecule has 1 fully saturated rings. The average molecular weight is 488 g/mol. The van der Waals surface area contributed by atoms with E-state index in [-0.39, 0.29) is 5.41 Å². The van der Waals surface area contributed by atoms with E-state index in [2.05, 4.69) is 22.2 Å². The summed E-state index contributed by atoms with van der Waals surface area (Å²) in [5.41, 5.74) is 1.27. The first-order chi connectivity index (χ1) is 15.6. The standard InChI is InChI=1S/C23H26ClN5O3S/c1-22(2,31)8-9-32-17-5-4-14(10-15(17)24)29-12-16(26-27-29)20(30)19-21(23(3)6-7-23)33-18-11-25-13-28(18)19/h4-5,10-13,20,30-31H,6-9H2,1-3H3. The Kier molecular flexibility index (Phi) is 5.48. The Bertz CT molecular complexity index is 1300. The highest BCUT2D eigenvalue weighted by atomic mass is 35.5. The molecule has 1 aromatic carbocycles. The second-order valence-electron chi connectivity index (χ2n) is 9.50. The van der Waals surface area contributed by atoms with E-state index < -0.39 is 11.7 Å². The third-order valence-electron chi connectivity index (χ3n) is 6.05. The van der Waals surface area contributed by atoms with Gasteiger partial charge in [-0.05, 0) is 44.9 Å². The molecule has 0 amide bonds. The maximum Gasteiger partial charge on any atom is 0.141 e. The van der Waals surface area contributed by atoms with E-state index in [1.807, 2.05) is 16.7 Å². The quantitative estimate of drug-likeness (QED) is 0.384. The SMILES string of the molecule is CC(C)(O)CCOc1ccc(-n2cc(C(O)c3c(C4(C)CC4)sc4cncn34)nn2)cc1Cl. The third kappa shape index (κ3) is 4.38. The van der Waals surface area contributed by atoms with Crippen molar-refractivity contribution < 1.29 is 14.9 Å². The van der Waals surface area contributed by atoms with Crippen LogP contribution in [0.25, 0.3) is 10.5 Å². The molecule has 1 unspecified atom stereocenters. The lowest BCUT2D eigenvalue weighted by Crippen LogP contribution is -2.21. The molecule has 4 aromatic rings. The molecule has 8 nitrogen and oxygen atoms in total. The van der Waals surface area contributed by atoms with Crippen molar-refractivity contribution in [2.75, 3.05) is 6.61 Å². The number of ether oxygens (including phenoxy) is 1. The van der Waals surface area contributed by atoms with Crippen LogP contribution >= 0.6 is 22.9 Å². The monoisotopic (exact) mass is 487 g/mol. The first-order valence-corrected chi connectivity index (χ1v) is 12.0. The van der Waals surface area contributed by atoms with Crippen LogP contribution in [-0.2, 0) is 5.41 Å². The second kappa shape index (κ2) is 8.09. The van der Waals surface area contributed by atoms with Crippen LogP contribution < -0.4 is 4.74 Å².